The molecule has 0 saturated carbocycles. The Bertz CT molecular complexity index is 1130. The predicted molar refractivity (Wildman–Crippen MR) is 135 cm³/mol. The van der Waals surface area contributed by atoms with Gasteiger partial charge in [0.25, 0.3) is 0 Å². The largest absolute Gasteiger partial charge is 0.497 e. The van der Waals surface area contributed by atoms with Gasteiger partial charge in [0.1, 0.15) is 28.6 Å². The third-order valence-electron chi connectivity index (χ3n) is 6.28. The summed E-state index contributed by atoms with van der Waals surface area (Å²) in [5.74, 6) is -1.45. The summed E-state index contributed by atoms with van der Waals surface area (Å²) in [6, 6.07) is 12.4. The van der Waals surface area contributed by atoms with E-state index in [1.807, 2.05) is 20.8 Å². The summed E-state index contributed by atoms with van der Waals surface area (Å²) in [6.07, 6.45) is 0.497. The Morgan fingerprint density at radius 3 is 2.37 bits per heavy atom. The van der Waals surface area contributed by atoms with Crippen molar-refractivity contribution in [3.63, 3.8) is 0 Å². The Kier molecular flexibility index (Phi) is 7.55. The van der Waals surface area contributed by atoms with Gasteiger partial charge in [-0.1, -0.05) is 50.6 Å². The number of nitrogens with one attached hydrogen (secondary N) is 1. The zero-order valence-corrected chi connectivity index (χ0v) is 22.2. The number of benzene rings is 2. The summed E-state index contributed by atoms with van der Waals surface area (Å²) < 4.78 is 26.8. The fourth-order valence-corrected chi connectivity index (χ4v) is 5.24. The SMILES string of the molecule is COc1ccc(F)c([C@@]2(C#N)[C@H](CC(C)(C)C)N[C@@H](C(=O)OC(C)(C)C)[C@@H]2c2ccccc2Cl)c1. The van der Waals surface area contributed by atoms with Gasteiger partial charge in [-0.3, -0.25) is 10.1 Å². The van der Waals surface area contributed by atoms with Crippen LogP contribution < -0.4 is 10.1 Å². The molecular formula is C28H34ClFN2O3. The highest BCUT2D eigenvalue weighted by atomic mass is 35.5. The quantitative estimate of drug-likeness (QED) is 0.498. The molecule has 7 heteroatoms. The van der Waals surface area contributed by atoms with Crippen LogP contribution in [0.1, 0.15) is 65.0 Å². The lowest BCUT2D eigenvalue weighted by molar-refractivity contribution is -0.157. The van der Waals surface area contributed by atoms with Crippen molar-refractivity contribution in [2.24, 2.45) is 5.41 Å². The molecule has 0 amide bonds. The van der Waals surface area contributed by atoms with E-state index in [1.165, 1.54) is 19.2 Å². The van der Waals surface area contributed by atoms with Crippen molar-refractivity contribution in [3.8, 4) is 11.8 Å². The molecule has 4 atom stereocenters. The number of carbonyl (C=O) groups excluding carboxylic acids is 1. The minimum absolute atomic E-state index is 0.164. The van der Waals surface area contributed by atoms with Crippen LogP contribution in [0.2, 0.25) is 5.02 Å². The number of carbonyl (C=O) groups is 1. The molecule has 0 aromatic heterocycles. The first kappa shape index (κ1) is 27.0. The van der Waals surface area contributed by atoms with E-state index in [0.29, 0.717) is 22.8 Å². The van der Waals surface area contributed by atoms with Crippen LogP contribution in [-0.4, -0.2) is 30.8 Å². The van der Waals surface area contributed by atoms with Gasteiger partial charge in [-0.25, -0.2) is 4.39 Å². The molecule has 0 spiro atoms. The lowest BCUT2D eigenvalue weighted by Crippen LogP contribution is -2.45. The van der Waals surface area contributed by atoms with Crippen molar-refractivity contribution >= 4 is 17.6 Å². The average Bonchev–Trinajstić information content (AvgIpc) is 3.06. The molecule has 1 aliphatic heterocycles. The van der Waals surface area contributed by atoms with Gasteiger partial charge in [0.2, 0.25) is 0 Å². The van der Waals surface area contributed by atoms with E-state index in [0.717, 1.165) is 0 Å². The Hall–Kier alpha value is -2.62. The molecule has 1 aliphatic rings. The van der Waals surface area contributed by atoms with Gasteiger partial charge in [0, 0.05) is 22.5 Å². The fraction of sp³-hybridized carbons (Fsp3) is 0.500. The van der Waals surface area contributed by atoms with E-state index in [9.17, 15) is 10.1 Å². The summed E-state index contributed by atoms with van der Waals surface area (Å²) in [5.41, 5.74) is -1.71. The van der Waals surface area contributed by atoms with Gasteiger partial charge in [-0.2, -0.15) is 5.26 Å². The number of nitrogens with zero attached hydrogens (tertiary/aromatic N) is 1. The van der Waals surface area contributed by atoms with Crippen LogP contribution >= 0.6 is 11.6 Å². The van der Waals surface area contributed by atoms with Gasteiger partial charge in [-0.15, -0.1) is 0 Å². The highest BCUT2D eigenvalue weighted by Crippen LogP contribution is 2.53. The molecule has 188 valence electrons. The monoisotopic (exact) mass is 500 g/mol. The van der Waals surface area contributed by atoms with Crippen molar-refractivity contribution in [1.29, 1.82) is 5.26 Å². The highest BCUT2D eigenvalue weighted by Gasteiger charge is 2.61. The van der Waals surface area contributed by atoms with E-state index < -0.39 is 40.8 Å². The molecule has 0 radical (unpaired) electrons. The van der Waals surface area contributed by atoms with Crippen molar-refractivity contribution in [3.05, 3.63) is 64.4 Å². The number of nitriles is 1. The van der Waals surface area contributed by atoms with Crippen molar-refractivity contribution in [1.82, 2.24) is 5.32 Å². The Balaban J connectivity index is 2.36. The maximum Gasteiger partial charge on any atom is 0.324 e. The number of ether oxygens (including phenoxy) is 2. The predicted octanol–water partition coefficient (Wildman–Crippen LogP) is 6.15. The summed E-state index contributed by atoms with van der Waals surface area (Å²) >= 11 is 6.65. The van der Waals surface area contributed by atoms with Crippen LogP contribution in [0, 0.1) is 22.6 Å². The number of hydrogen-bond acceptors (Lipinski definition) is 5. The molecule has 1 fully saturated rings. The fourth-order valence-electron chi connectivity index (χ4n) is 4.99. The molecule has 3 rings (SSSR count). The number of halogens is 2. The average molecular weight is 501 g/mol. The molecule has 35 heavy (non-hydrogen) atoms. The van der Waals surface area contributed by atoms with E-state index in [4.69, 9.17) is 21.1 Å². The minimum atomic E-state index is -1.47. The van der Waals surface area contributed by atoms with E-state index in [2.05, 4.69) is 11.4 Å². The molecular weight excluding hydrogens is 467 g/mol. The van der Waals surface area contributed by atoms with Crippen LogP contribution in [-0.2, 0) is 14.9 Å². The molecule has 0 aliphatic carbocycles. The van der Waals surface area contributed by atoms with Gasteiger partial charge < -0.3 is 9.47 Å². The van der Waals surface area contributed by atoms with Crippen LogP contribution in [0.3, 0.4) is 0 Å². The second-order valence-electron chi connectivity index (χ2n) is 11.3. The molecule has 1 saturated heterocycles. The topological polar surface area (TPSA) is 71.3 Å². The zero-order chi connectivity index (χ0) is 26.2. The maximum atomic E-state index is 15.6. The van der Waals surface area contributed by atoms with Gasteiger partial charge >= 0.3 is 5.97 Å². The normalized spacial score (nSPS) is 24.6. The van der Waals surface area contributed by atoms with Crippen LogP contribution in [0.15, 0.2) is 42.5 Å². The number of esters is 1. The minimum Gasteiger partial charge on any atom is -0.497 e. The Morgan fingerprint density at radius 1 is 1.17 bits per heavy atom. The molecule has 1 heterocycles. The highest BCUT2D eigenvalue weighted by molar-refractivity contribution is 6.31. The second-order valence-corrected chi connectivity index (χ2v) is 11.7. The molecule has 2 aromatic carbocycles. The second kappa shape index (κ2) is 9.79. The van der Waals surface area contributed by atoms with Gasteiger partial charge in [0.05, 0.1) is 13.2 Å². The summed E-state index contributed by atoms with van der Waals surface area (Å²) in [5, 5.41) is 14.7. The molecule has 5 nitrogen and oxygen atoms in total. The first-order chi connectivity index (χ1) is 16.2. The van der Waals surface area contributed by atoms with E-state index >= 15 is 4.39 Å². The van der Waals surface area contributed by atoms with Gasteiger partial charge in [-0.05, 0) is 62.4 Å². The lowest BCUT2D eigenvalue weighted by atomic mass is 9.62. The number of methoxy groups -OCH3 is 1. The summed E-state index contributed by atoms with van der Waals surface area (Å²) in [6.45, 7) is 11.5. The molecule has 1 N–H and O–H groups in total. The van der Waals surface area contributed by atoms with Crippen molar-refractivity contribution < 1.29 is 18.7 Å². The maximum absolute atomic E-state index is 15.6. The number of hydrogen-bond donors (Lipinski definition) is 1. The molecule has 2 aromatic rings. The summed E-state index contributed by atoms with van der Waals surface area (Å²) in [4.78, 5) is 13.6. The number of rotatable bonds is 5. The van der Waals surface area contributed by atoms with E-state index in [-0.39, 0.29) is 11.0 Å². The third-order valence-corrected chi connectivity index (χ3v) is 6.62. The van der Waals surface area contributed by atoms with Crippen LogP contribution in [0.25, 0.3) is 0 Å². The molecule has 0 bridgehead atoms. The summed E-state index contributed by atoms with van der Waals surface area (Å²) in [7, 11) is 1.49. The Labute approximate surface area is 212 Å². The van der Waals surface area contributed by atoms with Crippen molar-refractivity contribution in [2.45, 2.75) is 77.0 Å². The van der Waals surface area contributed by atoms with Crippen LogP contribution in [0.4, 0.5) is 4.39 Å². The Morgan fingerprint density at radius 2 is 1.83 bits per heavy atom. The van der Waals surface area contributed by atoms with Crippen LogP contribution in [0.5, 0.6) is 5.75 Å². The lowest BCUT2D eigenvalue weighted by Gasteiger charge is -2.37. The first-order valence-electron chi connectivity index (χ1n) is 11.7. The smallest absolute Gasteiger partial charge is 0.324 e. The van der Waals surface area contributed by atoms with E-state index in [1.54, 1.807) is 51.1 Å². The first-order valence-corrected chi connectivity index (χ1v) is 12.1. The zero-order valence-electron chi connectivity index (χ0n) is 21.4. The standard InChI is InChI=1S/C28H34ClFN2O3/c1-26(2,3)15-22-28(16-31,19-14-17(34-7)12-13-21(19)30)23(18-10-8-9-11-20(18)29)24(32-22)25(33)35-27(4,5)6/h8-14,22-24,32H,15H2,1-7H3/t22-,23-,24+,28-/m0/s1. The third kappa shape index (κ3) is 5.47. The molecule has 0 unspecified atom stereocenters. The van der Waals surface area contributed by atoms with Gasteiger partial charge in [0.15, 0.2) is 0 Å². The van der Waals surface area contributed by atoms with Crippen molar-refractivity contribution in [2.75, 3.05) is 7.11 Å².